The zero-order chi connectivity index (χ0) is 12.8. The molecule has 0 bridgehead atoms. The Balaban J connectivity index is 2.96. The van der Waals surface area contributed by atoms with Gasteiger partial charge < -0.3 is 10.0 Å². The van der Waals surface area contributed by atoms with Crippen LogP contribution in [0.3, 0.4) is 0 Å². The maximum Gasteiger partial charge on any atom is 0.323 e. The molecule has 0 heterocycles. The molecule has 1 amide bonds. The van der Waals surface area contributed by atoms with Crippen LogP contribution >= 0.6 is 0 Å². The molecule has 0 aliphatic rings. The average molecular weight is 233 g/mol. The topological polar surface area (TPSA) is 57.6 Å². The molecule has 0 unspecified atom stereocenters. The molecular weight excluding hydrogens is 218 g/mol. The molecule has 0 radical (unpaired) electrons. The Morgan fingerprint density at radius 2 is 1.94 bits per heavy atom. The van der Waals surface area contributed by atoms with Crippen LogP contribution in [0.4, 0.5) is 5.69 Å². The largest absolute Gasteiger partial charge is 0.480 e. The van der Waals surface area contributed by atoms with Crippen molar-refractivity contribution >= 4 is 17.6 Å². The summed E-state index contributed by atoms with van der Waals surface area (Å²) in [5.74, 6) is -1.31. The van der Waals surface area contributed by atoms with E-state index in [-0.39, 0.29) is 18.9 Å². The minimum Gasteiger partial charge on any atom is -0.480 e. The van der Waals surface area contributed by atoms with Gasteiger partial charge >= 0.3 is 5.97 Å². The van der Waals surface area contributed by atoms with Gasteiger partial charge in [-0.1, -0.05) is 23.8 Å². The van der Waals surface area contributed by atoms with E-state index in [1.807, 2.05) is 19.1 Å². The molecule has 4 nitrogen and oxygen atoms in total. The molecule has 17 heavy (non-hydrogen) atoms. The van der Waals surface area contributed by atoms with Crippen LogP contribution in [0.15, 0.2) is 36.9 Å². The van der Waals surface area contributed by atoms with Gasteiger partial charge in [0.25, 0.3) is 0 Å². The standard InChI is InChI=1S/C13H15NO3/c1-3-4-12(15)14(9-13(16)17)11-7-5-10(2)6-8-11/h3,5-8H,1,4,9H2,2H3,(H,16,17). The zero-order valence-corrected chi connectivity index (χ0v) is 9.72. The lowest BCUT2D eigenvalue weighted by Crippen LogP contribution is -2.35. The zero-order valence-electron chi connectivity index (χ0n) is 9.72. The SMILES string of the molecule is C=CCC(=O)N(CC(=O)O)c1ccc(C)cc1. The maximum absolute atomic E-state index is 11.8. The molecular formula is C13H15NO3. The number of carboxylic acids is 1. The molecule has 0 aromatic heterocycles. The molecule has 4 heteroatoms. The first-order chi connectivity index (χ1) is 8.04. The van der Waals surface area contributed by atoms with E-state index in [0.29, 0.717) is 5.69 Å². The van der Waals surface area contributed by atoms with Gasteiger partial charge in [-0.05, 0) is 19.1 Å². The van der Waals surface area contributed by atoms with Crippen molar-refractivity contribution in [2.75, 3.05) is 11.4 Å². The molecule has 90 valence electrons. The molecule has 0 aliphatic heterocycles. The smallest absolute Gasteiger partial charge is 0.323 e. The monoisotopic (exact) mass is 233 g/mol. The highest BCUT2D eigenvalue weighted by Gasteiger charge is 2.17. The number of carbonyl (C=O) groups excluding carboxylic acids is 1. The average Bonchev–Trinajstić information content (AvgIpc) is 2.27. The third-order valence-corrected chi connectivity index (χ3v) is 2.26. The van der Waals surface area contributed by atoms with Crippen molar-refractivity contribution < 1.29 is 14.7 Å². The lowest BCUT2D eigenvalue weighted by molar-refractivity contribution is -0.136. The lowest BCUT2D eigenvalue weighted by atomic mass is 10.2. The predicted octanol–water partition coefficient (Wildman–Crippen LogP) is 1.99. The maximum atomic E-state index is 11.8. The Labute approximate surface area is 100 Å². The van der Waals surface area contributed by atoms with Crippen LogP contribution in [0.25, 0.3) is 0 Å². The van der Waals surface area contributed by atoms with Gasteiger partial charge in [0.2, 0.25) is 5.91 Å². The van der Waals surface area contributed by atoms with Crippen LogP contribution in [0, 0.1) is 6.92 Å². The number of aryl methyl sites for hydroxylation is 1. The summed E-state index contributed by atoms with van der Waals surface area (Å²) in [7, 11) is 0. The number of hydrogen-bond donors (Lipinski definition) is 1. The van der Waals surface area contributed by atoms with Crippen molar-refractivity contribution in [2.24, 2.45) is 0 Å². The van der Waals surface area contributed by atoms with E-state index in [0.717, 1.165) is 5.56 Å². The van der Waals surface area contributed by atoms with Crippen molar-refractivity contribution in [3.63, 3.8) is 0 Å². The fourth-order valence-corrected chi connectivity index (χ4v) is 1.42. The van der Waals surface area contributed by atoms with E-state index in [1.54, 1.807) is 12.1 Å². The van der Waals surface area contributed by atoms with Gasteiger partial charge in [0, 0.05) is 12.1 Å². The number of carbonyl (C=O) groups is 2. The van der Waals surface area contributed by atoms with Crippen LogP contribution in [0.5, 0.6) is 0 Å². The third-order valence-electron chi connectivity index (χ3n) is 2.26. The van der Waals surface area contributed by atoms with Crippen molar-refractivity contribution in [1.82, 2.24) is 0 Å². The molecule has 1 aromatic carbocycles. The van der Waals surface area contributed by atoms with Crippen molar-refractivity contribution in [3.05, 3.63) is 42.5 Å². The van der Waals surface area contributed by atoms with Crippen LogP contribution in [-0.2, 0) is 9.59 Å². The number of anilines is 1. The van der Waals surface area contributed by atoms with E-state index >= 15 is 0 Å². The quantitative estimate of drug-likeness (QED) is 0.791. The van der Waals surface area contributed by atoms with Gasteiger partial charge in [-0.2, -0.15) is 0 Å². The number of carboxylic acid groups (broad SMARTS) is 1. The normalized spacial score (nSPS) is 9.71. The summed E-state index contributed by atoms with van der Waals surface area (Å²) >= 11 is 0. The van der Waals surface area contributed by atoms with E-state index in [2.05, 4.69) is 6.58 Å². The molecule has 0 saturated heterocycles. The second-order valence-electron chi connectivity index (χ2n) is 3.70. The molecule has 0 fully saturated rings. The van der Waals surface area contributed by atoms with Crippen LogP contribution in [0.1, 0.15) is 12.0 Å². The summed E-state index contributed by atoms with van der Waals surface area (Å²) in [5, 5.41) is 8.80. The Hall–Kier alpha value is -2.10. The highest BCUT2D eigenvalue weighted by molar-refractivity contribution is 5.98. The Morgan fingerprint density at radius 3 is 2.41 bits per heavy atom. The number of amides is 1. The highest BCUT2D eigenvalue weighted by atomic mass is 16.4. The van der Waals surface area contributed by atoms with E-state index in [1.165, 1.54) is 11.0 Å². The van der Waals surface area contributed by atoms with Gasteiger partial charge in [-0.15, -0.1) is 6.58 Å². The summed E-state index contributed by atoms with van der Waals surface area (Å²) in [4.78, 5) is 23.7. The summed E-state index contributed by atoms with van der Waals surface area (Å²) in [5.41, 5.74) is 1.64. The first-order valence-corrected chi connectivity index (χ1v) is 5.24. The molecule has 0 atom stereocenters. The Bertz CT molecular complexity index is 423. The lowest BCUT2D eigenvalue weighted by Gasteiger charge is -2.20. The van der Waals surface area contributed by atoms with E-state index in [9.17, 15) is 9.59 Å². The molecule has 1 N–H and O–H groups in total. The summed E-state index contributed by atoms with van der Waals surface area (Å²) in [6, 6.07) is 7.15. The van der Waals surface area contributed by atoms with Gasteiger partial charge in [0.1, 0.15) is 6.54 Å². The Kier molecular flexibility index (Phi) is 4.46. The van der Waals surface area contributed by atoms with Crippen molar-refractivity contribution in [1.29, 1.82) is 0 Å². The molecule has 1 aromatic rings. The third kappa shape index (κ3) is 3.75. The predicted molar refractivity (Wildman–Crippen MR) is 66.0 cm³/mol. The molecule has 0 saturated carbocycles. The fourth-order valence-electron chi connectivity index (χ4n) is 1.42. The summed E-state index contributed by atoms with van der Waals surface area (Å²) in [6.45, 7) is 5.06. The van der Waals surface area contributed by atoms with Crippen molar-refractivity contribution in [2.45, 2.75) is 13.3 Å². The molecule has 0 aliphatic carbocycles. The summed E-state index contributed by atoms with van der Waals surface area (Å²) in [6.07, 6.45) is 1.59. The number of nitrogens with zero attached hydrogens (tertiary/aromatic N) is 1. The fraction of sp³-hybridized carbons (Fsp3) is 0.231. The number of aliphatic carboxylic acids is 1. The van der Waals surface area contributed by atoms with Crippen molar-refractivity contribution in [3.8, 4) is 0 Å². The van der Waals surface area contributed by atoms with E-state index in [4.69, 9.17) is 5.11 Å². The van der Waals surface area contributed by atoms with Crippen LogP contribution < -0.4 is 4.90 Å². The first kappa shape index (κ1) is 13.0. The molecule has 0 spiro atoms. The number of hydrogen-bond acceptors (Lipinski definition) is 2. The second-order valence-corrected chi connectivity index (χ2v) is 3.70. The summed E-state index contributed by atoms with van der Waals surface area (Å²) < 4.78 is 0. The minimum absolute atomic E-state index is 0.126. The Morgan fingerprint density at radius 1 is 1.35 bits per heavy atom. The van der Waals surface area contributed by atoms with Crippen LogP contribution in [-0.4, -0.2) is 23.5 Å². The van der Waals surface area contributed by atoms with Crippen LogP contribution in [0.2, 0.25) is 0 Å². The highest BCUT2D eigenvalue weighted by Crippen LogP contribution is 2.16. The van der Waals surface area contributed by atoms with Gasteiger partial charge in [0.05, 0.1) is 0 Å². The molecule has 1 rings (SSSR count). The van der Waals surface area contributed by atoms with Gasteiger partial charge in [-0.25, -0.2) is 0 Å². The second kappa shape index (κ2) is 5.84. The van der Waals surface area contributed by atoms with Gasteiger partial charge in [0.15, 0.2) is 0 Å². The minimum atomic E-state index is -1.04. The number of benzene rings is 1. The van der Waals surface area contributed by atoms with Gasteiger partial charge in [-0.3, -0.25) is 9.59 Å². The number of rotatable bonds is 5. The first-order valence-electron chi connectivity index (χ1n) is 5.24. The van der Waals surface area contributed by atoms with E-state index < -0.39 is 5.97 Å².